The lowest BCUT2D eigenvalue weighted by atomic mass is 9.96. The van der Waals surface area contributed by atoms with Gasteiger partial charge in [0.15, 0.2) is 0 Å². The average molecular weight is 653 g/mol. The van der Waals surface area contributed by atoms with Gasteiger partial charge in [-0.05, 0) is 94.3 Å². The summed E-state index contributed by atoms with van der Waals surface area (Å²) in [4.78, 5) is 4.69. The first-order valence-corrected chi connectivity index (χ1v) is 17.4. The number of nitrogens with zero attached hydrogens (tertiary/aromatic N) is 2. The third-order valence-electron chi connectivity index (χ3n) is 9.99. The molecule has 0 atom stereocenters. The van der Waals surface area contributed by atoms with Crippen LogP contribution < -0.4 is 9.80 Å². The molecule has 0 radical (unpaired) electrons. The standard InChI is InChI=1S/C48H32N2O/c1-3-16-34(17-4-1)49(38-30-31-41-40-21-9-10-22-42(40)48-47(44(41)32-38)43-23-11-12-25-46(43)51-48)36-26-28-37(29-27-36)50(35-18-5-2-6-19-35)45-24-13-15-33-14-7-8-20-39(33)45/h1-32H. The zero-order valence-corrected chi connectivity index (χ0v) is 27.8. The summed E-state index contributed by atoms with van der Waals surface area (Å²) in [5, 5.41) is 9.42. The molecule has 1 aromatic heterocycles. The molecule has 10 rings (SSSR count). The van der Waals surface area contributed by atoms with Crippen LogP contribution in [-0.2, 0) is 0 Å². The molecule has 0 unspecified atom stereocenters. The molecule has 3 nitrogen and oxygen atoms in total. The highest BCUT2D eigenvalue weighted by molar-refractivity contribution is 6.30. The molecule has 240 valence electrons. The van der Waals surface area contributed by atoms with Gasteiger partial charge < -0.3 is 14.2 Å². The van der Waals surface area contributed by atoms with Crippen molar-refractivity contribution in [1.82, 2.24) is 0 Å². The molecule has 0 aliphatic rings. The van der Waals surface area contributed by atoms with E-state index in [1.54, 1.807) is 0 Å². The molecule has 0 N–H and O–H groups in total. The highest BCUT2D eigenvalue weighted by Gasteiger charge is 2.20. The summed E-state index contributed by atoms with van der Waals surface area (Å²) in [5.74, 6) is 0. The normalized spacial score (nSPS) is 11.5. The number of anilines is 6. The first-order chi connectivity index (χ1) is 25.3. The SMILES string of the molecule is c1ccc(N(c2ccc(N(c3ccccc3)c3cccc4ccccc34)cc2)c2ccc3c4ccccc4c4oc5ccccc5c4c3c2)cc1. The monoisotopic (exact) mass is 652 g/mol. The fraction of sp³-hybridized carbons (Fsp3) is 0. The minimum atomic E-state index is 0.903. The second-order valence-electron chi connectivity index (χ2n) is 12.9. The molecule has 9 aromatic carbocycles. The Morgan fingerprint density at radius 3 is 1.57 bits per heavy atom. The van der Waals surface area contributed by atoms with Crippen molar-refractivity contribution in [2.75, 3.05) is 9.80 Å². The van der Waals surface area contributed by atoms with Crippen LogP contribution in [0.1, 0.15) is 0 Å². The van der Waals surface area contributed by atoms with Gasteiger partial charge in [-0.25, -0.2) is 0 Å². The smallest absolute Gasteiger partial charge is 0.143 e. The molecule has 0 amide bonds. The van der Waals surface area contributed by atoms with Crippen LogP contribution >= 0.6 is 0 Å². The molecule has 0 fully saturated rings. The molecule has 0 bridgehead atoms. The summed E-state index contributed by atoms with van der Waals surface area (Å²) < 4.78 is 6.56. The van der Waals surface area contributed by atoms with E-state index < -0.39 is 0 Å². The van der Waals surface area contributed by atoms with Gasteiger partial charge in [0.2, 0.25) is 0 Å². The maximum atomic E-state index is 6.56. The fourth-order valence-electron chi connectivity index (χ4n) is 7.71. The molecule has 0 aliphatic heterocycles. The second kappa shape index (κ2) is 11.9. The third-order valence-corrected chi connectivity index (χ3v) is 9.99. The van der Waals surface area contributed by atoms with Gasteiger partial charge >= 0.3 is 0 Å². The van der Waals surface area contributed by atoms with Crippen LogP contribution in [0.2, 0.25) is 0 Å². The quantitative estimate of drug-likeness (QED) is 0.167. The topological polar surface area (TPSA) is 19.6 Å². The summed E-state index contributed by atoms with van der Waals surface area (Å²) >= 11 is 0. The predicted octanol–water partition coefficient (Wildman–Crippen LogP) is 14.0. The number of hydrogen-bond acceptors (Lipinski definition) is 3. The predicted molar refractivity (Wildman–Crippen MR) is 216 cm³/mol. The fourth-order valence-corrected chi connectivity index (χ4v) is 7.71. The minimum Gasteiger partial charge on any atom is -0.455 e. The van der Waals surface area contributed by atoms with Crippen molar-refractivity contribution in [1.29, 1.82) is 0 Å². The highest BCUT2D eigenvalue weighted by atomic mass is 16.3. The minimum absolute atomic E-state index is 0.903. The Hall–Kier alpha value is -6.84. The van der Waals surface area contributed by atoms with Crippen molar-refractivity contribution in [2.45, 2.75) is 0 Å². The van der Waals surface area contributed by atoms with Crippen LogP contribution in [0.25, 0.3) is 54.3 Å². The summed E-state index contributed by atoms with van der Waals surface area (Å²) in [6.07, 6.45) is 0. The molecule has 0 aliphatic carbocycles. The van der Waals surface area contributed by atoms with Gasteiger partial charge in [-0.15, -0.1) is 0 Å². The van der Waals surface area contributed by atoms with E-state index in [1.165, 1.54) is 26.9 Å². The van der Waals surface area contributed by atoms with Gasteiger partial charge in [-0.3, -0.25) is 0 Å². The van der Waals surface area contributed by atoms with Gasteiger partial charge in [-0.2, -0.15) is 0 Å². The van der Waals surface area contributed by atoms with Crippen molar-refractivity contribution >= 4 is 88.4 Å². The largest absolute Gasteiger partial charge is 0.455 e. The lowest BCUT2D eigenvalue weighted by Gasteiger charge is -2.29. The van der Waals surface area contributed by atoms with Crippen molar-refractivity contribution in [3.05, 3.63) is 194 Å². The zero-order valence-electron chi connectivity index (χ0n) is 27.8. The van der Waals surface area contributed by atoms with Gasteiger partial charge in [0, 0.05) is 50.0 Å². The molecule has 1 heterocycles. The van der Waals surface area contributed by atoms with E-state index in [0.29, 0.717) is 0 Å². The maximum absolute atomic E-state index is 6.56. The van der Waals surface area contributed by atoms with E-state index in [2.05, 4.69) is 198 Å². The Morgan fingerprint density at radius 1 is 0.314 bits per heavy atom. The van der Waals surface area contributed by atoms with Crippen molar-refractivity contribution in [3.63, 3.8) is 0 Å². The van der Waals surface area contributed by atoms with Crippen LogP contribution in [0.5, 0.6) is 0 Å². The Bertz CT molecular complexity index is 2850. The Kier molecular flexibility index (Phi) is 6.81. The molecule has 0 saturated carbocycles. The molecule has 0 saturated heterocycles. The van der Waals surface area contributed by atoms with Crippen LogP contribution in [0.4, 0.5) is 34.1 Å². The van der Waals surface area contributed by atoms with Gasteiger partial charge in [0.1, 0.15) is 11.2 Å². The molecular formula is C48H32N2O. The Labute approximate surface area is 295 Å². The lowest BCUT2D eigenvalue weighted by molar-refractivity contribution is 0.673. The molecular weight excluding hydrogens is 621 g/mol. The number of fused-ring (bicyclic) bond motifs is 9. The highest BCUT2D eigenvalue weighted by Crippen LogP contribution is 2.45. The van der Waals surface area contributed by atoms with Crippen LogP contribution in [0.15, 0.2) is 199 Å². The second-order valence-corrected chi connectivity index (χ2v) is 12.9. The van der Waals surface area contributed by atoms with Crippen LogP contribution in [0.3, 0.4) is 0 Å². The number of benzene rings is 9. The molecule has 0 spiro atoms. The van der Waals surface area contributed by atoms with E-state index in [1.807, 2.05) is 6.07 Å². The van der Waals surface area contributed by atoms with E-state index in [-0.39, 0.29) is 0 Å². The Balaban J connectivity index is 1.16. The number of para-hydroxylation sites is 3. The summed E-state index contributed by atoms with van der Waals surface area (Å²) in [7, 11) is 0. The summed E-state index contributed by atoms with van der Waals surface area (Å²) in [5.41, 5.74) is 8.42. The summed E-state index contributed by atoms with van der Waals surface area (Å²) in [6.45, 7) is 0. The van der Waals surface area contributed by atoms with E-state index in [9.17, 15) is 0 Å². The van der Waals surface area contributed by atoms with Crippen molar-refractivity contribution in [3.8, 4) is 0 Å². The molecule has 10 aromatic rings. The van der Waals surface area contributed by atoms with Crippen LogP contribution in [0, 0.1) is 0 Å². The summed E-state index contributed by atoms with van der Waals surface area (Å²) in [6, 6.07) is 69.1. The average Bonchev–Trinajstić information content (AvgIpc) is 3.60. The third kappa shape index (κ3) is 4.82. The van der Waals surface area contributed by atoms with Crippen molar-refractivity contribution in [2.24, 2.45) is 0 Å². The first-order valence-electron chi connectivity index (χ1n) is 17.4. The number of rotatable bonds is 6. The Morgan fingerprint density at radius 2 is 0.824 bits per heavy atom. The van der Waals surface area contributed by atoms with Crippen LogP contribution in [-0.4, -0.2) is 0 Å². The number of furan rings is 1. The molecule has 3 heteroatoms. The lowest BCUT2D eigenvalue weighted by Crippen LogP contribution is -2.12. The van der Waals surface area contributed by atoms with Gasteiger partial charge in [0.05, 0.1) is 5.69 Å². The molecule has 51 heavy (non-hydrogen) atoms. The van der Waals surface area contributed by atoms with E-state index in [4.69, 9.17) is 4.42 Å². The van der Waals surface area contributed by atoms with E-state index >= 15 is 0 Å². The van der Waals surface area contributed by atoms with Gasteiger partial charge in [-0.1, -0.05) is 121 Å². The van der Waals surface area contributed by atoms with E-state index in [0.717, 1.165) is 61.4 Å². The van der Waals surface area contributed by atoms with Crippen molar-refractivity contribution < 1.29 is 4.42 Å². The zero-order chi connectivity index (χ0) is 33.7. The number of hydrogen-bond donors (Lipinski definition) is 0. The maximum Gasteiger partial charge on any atom is 0.143 e. The first kappa shape index (κ1) is 29.1. The van der Waals surface area contributed by atoms with Gasteiger partial charge in [0.25, 0.3) is 0 Å².